The number of aromatic nitrogens is 3. The van der Waals surface area contributed by atoms with Crippen LogP contribution in [-0.2, 0) is 0 Å². The largest absolute Gasteiger partial charge is 0.348 e. The van der Waals surface area contributed by atoms with E-state index < -0.39 is 0 Å². The Morgan fingerprint density at radius 2 is 1.93 bits per heavy atom. The van der Waals surface area contributed by atoms with Crippen LogP contribution < -0.4 is 5.32 Å². The average molecular weight is 380 g/mol. The fourth-order valence-corrected chi connectivity index (χ4v) is 3.48. The van der Waals surface area contributed by atoms with Crippen LogP contribution in [0.2, 0.25) is 0 Å². The summed E-state index contributed by atoms with van der Waals surface area (Å²) >= 11 is 0. The standard InChI is InChI=1S/C22H29N5O/c1-14(2)27-21-19(12-23-27)18(22(28)24-16(4)13-26(5)6)11-20(25-21)17-10-8-7-9-15(17)3/h7-12,14,16H,13H2,1-6H3,(H,24,28)/t16-/m0/s1. The molecule has 6 heteroatoms. The van der Waals surface area contributed by atoms with Gasteiger partial charge >= 0.3 is 0 Å². The predicted molar refractivity (Wildman–Crippen MR) is 114 cm³/mol. The fourth-order valence-electron chi connectivity index (χ4n) is 3.48. The Morgan fingerprint density at radius 3 is 2.57 bits per heavy atom. The van der Waals surface area contributed by atoms with Crippen LogP contribution in [0.3, 0.4) is 0 Å². The number of aryl methyl sites for hydroxylation is 1. The van der Waals surface area contributed by atoms with Gasteiger partial charge in [-0.05, 0) is 53.4 Å². The van der Waals surface area contributed by atoms with Crippen molar-refractivity contribution in [3.8, 4) is 11.3 Å². The number of nitrogens with one attached hydrogen (secondary N) is 1. The molecule has 0 unspecified atom stereocenters. The molecule has 0 saturated heterocycles. The first-order valence-electron chi connectivity index (χ1n) is 9.67. The van der Waals surface area contributed by atoms with Crippen molar-refractivity contribution in [1.29, 1.82) is 0 Å². The lowest BCUT2D eigenvalue weighted by Gasteiger charge is -2.19. The third-order valence-corrected chi connectivity index (χ3v) is 4.74. The fraction of sp³-hybridized carbons (Fsp3) is 0.409. The van der Waals surface area contributed by atoms with Gasteiger partial charge in [-0.1, -0.05) is 24.3 Å². The van der Waals surface area contributed by atoms with E-state index in [9.17, 15) is 4.79 Å². The van der Waals surface area contributed by atoms with Crippen LogP contribution in [0.25, 0.3) is 22.3 Å². The van der Waals surface area contributed by atoms with E-state index >= 15 is 0 Å². The highest BCUT2D eigenvalue weighted by Crippen LogP contribution is 2.28. The molecule has 28 heavy (non-hydrogen) atoms. The molecule has 0 aliphatic rings. The molecule has 0 radical (unpaired) electrons. The minimum absolute atomic E-state index is 0.0350. The summed E-state index contributed by atoms with van der Waals surface area (Å²) in [5.74, 6) is -0.0973. The van der Waals surface area contributed by atoms with Gasteiger partial charge in [0.1, 0.15) is 0 Å². The van der Waals surface area contributed by atoms with Crippen molar-refractivity contribution in [2.45, 2.75) is 39.8 Å². The number of likely N-dealkylation sites (N-methyl/N-ethyl adjacent to an activating group) is 1. The summed E-state index contributed by atoms with van der Waals surface area (Å²) in [5.41, 5.74) is 4.29. The second-order valence-electron chi connectivity index (χ2n) is 7.93. The Balaban J connectivity index is 2.13. The van der Waals surface area contributed by atoms with Crippen LogP contribution in [0.5, 0.6) is 0 Å². The molecule has 0 fully saturated rings. The number of hydrogen-bond donors (Lipinski definition) is 1. The lowest BCUT2D eigenvalue weighted by Crippen LogP contribution is -2.39. The van der Waals surface area contributed by atoms with E-state index in [1.165, 1.54) is 0 Å². The van der Waals surface area contributed by atoms with E-state index in [1.807, 2.05) is 50.0 Å². The van der Waals surface area contributed by atoms with Crippen LogP contribution in [0.4, 0.5) is 0 Å². The third kappa shape index (κ3) is 4.07. The van der Waals surface area contributed by atoms with Crippen molar-refractivity contribution < 1.29 is 4.79 Å². The predicted octanol–water partition coefficient (Wildman–Crippen LogP) is 3.67. The molecule has 2 heterocycles. The third-order valence-electron chi connectivity index (χ3n) is 4.74. The number of nitrogens with zero attached hydrogens (tertiary/aromatic N) is 4. The van der Waals surface area contributed by atoms with E-state index in [-0.39, 0.29) is 18.0 Å². The summed E-state index contributed by atoms with van der Waals surface area (Å²) in [7, 11) is 3.99. The molecule has 1 N–H and O–H groups in total. The molecular formula is C22H29N5O. The van der Waals surface area contributed by atoms with Crippen LogP contribution in [-0.4, -0.2) is 52.3 Å². The maximum atomic E-state index is 13.1. The minimum atomic E-state index is -0.0973. The monoisotopic (exact) mass is 379 g/mol. The summed E-state index contributed by atoms with van der Waals surface area (Å²) in [6, 6.07) is 10.2. The average Bonchev–Trinajstić information content (AvgIpc) is 3.04. The van der Waals surface area contributed by atoms with Crippen molar-refractivity contribution >= 4 is 16.9 Å². The molecule has 0 spiro atoms. The van der Waals surface area contributed by atoms with Crippen molar-refractivity contribution in [3.05, 3.63) is 47.7 Å². The molecule has 0 bridgehead atoms. The molecule has 0 aliphatic heterocycles. The maximum absolute atomic E-state index is 13.1. The first kappa shape index (κ1) is 20.0. The van der Waals surface area contributed by atoms with Gasteiger partial charge in [-0.2, -0.15) is 5.10 Å². The minimum Gasteiger partial charge on any atom is -0.348 e. The van der Waals surface area contributed by atoms with Gasteiger partial charge in [0.25, 0.3) is 5.91 Å². The second-order valence-corrected chi connectivity index (χ2v) is 7.93. The zero-order valence-electron chi connectivity index (χ0n) is 17.5. The van der Waals surface area contributed by atoms with Crippen LogP contribution in [0.1, 0.15) is 42.7 Å². The molecule has 0 saturated carbocycles. The van der Waals surface area contributed by atoms with Crippen LogP contribution in [0, 0.1) is 6.92 Å². The van der Waals surface area contributed by atoms with E-state index in [2.05, 4.69) is 42.2 Å². The number of fused-ring (bicyclic) bond motifs is 1. The van der Waals surface area contributed by atoms with E-state index in [4.69, 9.17) is 4.98 Å². The maximum Gasteiger partial charge on any atom is 0.252 e. The number of hydrogen-bond acceptors (Lipinski definition) is 4. The Morgan fingerprint density at radius 1 is 1.21 bits per heavy atom. The molecule has 0 aliphatic carbocycles. The number of pyridine rings is 1. The molecule has 3 rings (SSSR count). The van der Waals surface area contributed by atoms with Gasteiger partial charge < -0.3 is 10.2 Å². The number of carbonyl (C=O) groups excluding carboxylic acids is 1. The second kappa shape index (κ2) is 8.10. The van der Waals surface area contributed by atoms with Crippen LogP contribution in [0.15, 0.2) is 36.5 Å². The lowest BCUT2D eigenvalue weighted by molar-refractivity contribution is 0.0936. The first-order chi connectivity index (χ1) is 13.3. The summed E-state index contributed by atoms with van der Waals surface area (Å²) in [5, 5.41) is 8.37. The van der Waals surface area contributed by atoms with Crippen molar-refractivity contribution in [2.24, 2.45) is 0 Å². The van der Waals surface area contributed by atoms with Gasteiger partial charge in [0.15, 0.2) is 5.65 Å². The van der Waals surface area contributed by atoms with Gasteiger partial charge in [-0.15, -0.1) is 0 Å². The quantitative estimate of drug-likeness (QED) is 0.710. The summed E-state index contributed by atoms with van der Waals surface area (Å²) in [6.07, 6.45) is 1.75. The lowest BCUT2D eigenvalue weighted by atomic mass is 10.0. The number of rotatable bonds is 6. The number of amides is 1. The number of benzene rings is 1. The summed E-state index contributed by atoms with van der Waals surface area (Å²) < 4.78 is 1.87. The normalized spacial score (nSPS) is 12.7. The molecule has 3 aromatic rings. The van der Waals surface area contributed by atoms with Gasteiger partial charge in [0.2, 0.25) is 0 Å². The van der Waals surface area contributed by atoms with Crippen LogP contribution >= 0.6 is 0 Å². The molecular weight excluding hydrogens is 350 g/mol. The zero-order chi connectivity index (χ0) is 20.4. The van der Waals surface area contributed by atoms with E-state index in [1.54, 1.807) is 6.20 Å². The Hall–Kier alpha value is -2.73. The Kier molecular flexibility index (Phi) is 5.79. The van der Waals surface area contributed by atoms with Gasteiger partial charge in [0, 0.05) is 24.2 Å². The highest BCUT2D eigenvalue weighted by Gasteiger charge is 2.20. The molecule has 6 nitrogen and oxygen atoms in total. The summed E-state index contributed by atoms with van der Waals surface area (Å²) in [4.78, 5) is 20.0. The molecule has 1 atom stereocenters. The van der Waals surface area contributed by atoms with Gasteiger partial charge in [-0.3, -0.25) is 4.79 Å². The molecule has 148 valence electrons. The molecule has 1 amide bonds. The van der Waals surface area contributed by atoms with Crippen molar-refractivity contribution in [3.63, 3.8) is 0 Å². The highest BCUT2D eigenvalue weighted by molar-refractivity contribution is 6.06. The Labute approximate surface area is 166 Å². The van der Waals surface area contributed by atoms with E-state index in [0.29, 0.717) is 5.56 Å². The van der Waals surface area contributed by atoms with Gasteiger partial charge in [0.05, 0.1) is 22.8 Å². The SMILES string of the molecule is Cc1ccccc1-c1cc(C(=O)N[C@@H](C)CN(C)C)c2cnn(C(C)C)c2n1. The van der Waals surface area contributed by atoms with E-state index in [0.717, 1.165) is 34.4 Å². The smallest absolute Gasteiger partial charge is 0.252 e. The van der Waals surface area contributed by atoms with Crippen molar-refractivity contribution in [2.75, 3.05) is 20.6 Å². The zero-order valence-corrected chi connectivity index (χ0v) is 17.5. The summed E-state index contributed by atoms with van der Waals surface area (Å²) in [6.45, 7) is 8.97. The number of carbonyl (C=O) groups is 1. The first-order valence-corrected chi connectivity index (χ1v) is 9.67. The Bertz CT molecular complexity index is 990. The topological polar surface area (TPSA) is 63.1 Å². The van der Waals surface area contributed by atoms with Gasteiger partial charge in [-0.25, -0.2) is 9.67 Å². The van der Waals surface area contributed by atoms with Crippen molar-refractivity contribution in [1.82, 2.24) is 25.0 Å². The molecule has 1 aromatic carbocycles. The highest BCUT2D eigenvalue weighted by atomic mass is 16.1. The molecule has 2 aromatic heterocycles.